The van der Waals surface area contributed by atoms with E-state index in [0.717, 1.165) is 11.6 Å². The highest BCUT2D eigenvalue weighted by molar-refractivity contribution is 6.30. The molecular formula is C9H11Cl2N. The van der Waals surface area contributed by atoms with E-state index in [-0.39, 0.29) is 12.4 Å². The molecule has 12 heavy (non-hydrogen) atoms. The van der Waals surface area contributed by atoms with Gasteiger partial charge < -0.3 is 5.32 Å². The fraction of sp³-hybridized carbons (Fsp3) is 0.333. The van der Waals surface area contributed by atoms with E-state index in [1.165, 1.54) is 12.0 Å². The summed E-state index contributed by atoms with van der Waals surface area (Å²) in [5.74, 6) is 0. The van der Waals surface area contributed by atoms with Gasteiger partial charge >= 0.3 is 0 Å². The molecule has 3 heteroatoms. The van der Waals surface area contributed by atoms with E-state index in [1.807, 2.05) is 12.1 Å². The summed E-state index contributed by atoms with van der Waals surface area (Å²) in [6.45, 7) is 1.15. The first-order chi connectivity index (χ1) is 5.36. The Morgan fingerprint density at radius 1 is 1.25 bits per heavy atom. The van der Waals surface area contributed by atoms with Gasteiger partial charge in [-0.3, -0.25) is 0 Å². The molecule has 0 unspecified atom stereocenters. The van der Waals surface area contributed by atoms with E-state index in [9.17, 15) is 0 Å². The van der Waals surface area contributed by atoms with Crippen molar-refractivity contribution in [1.29, 1.82) is 0 Å². The van der Waals surface area contributed by atoms with Crippen LogP contribution in [0.15, 0.2) is 24.3 Å². The lowest BCUT2D eigenvalue weighted by atomic mass is 9.98. The topological polar surface area (TPSA) is 12.0 Å². The third kappa shape index (κ3) is 1.92. The molecule has 1 heterocycles. The highest BCUT2D eigenvalue weighted by atomic mass is 35.5. The average molecular weight is 204 g/mol. The van der Waals surface area contributed by atoms with Crippen LogP contribution in [-0.4, -0.2) is 6.54 Å². The van der Waals surface area contributed by atoms with Gasteiger partial charge in [0.25, 0.3) is 0 Å². The summed E-state index contributed by atoms with van der Waals surface area (Å²) in [6.07, 6.45) is 1.25. The first-order valence-electron chi connectivity index (χ1n) is 3.85. The van der Waals surface area contributed by atoms with E-state index >= 15 is 0 Å². The zero-order valence-corrected chi connectivity index (χ0v) is 8.16. The average Bonchev–Trinajstić information content (AvgIpc) is 1.90. The maximum Gasteiger partial charge on any atom is 0.0406 e. The lowest BCUT2D eigenvalue weighted by molar-refractivity contribution is 0.383. The fourth-order valence-electron chi connectivity index (χ4n) is 1.27. The highest BCUT2D eigenvalue weighted by Gasteiger charge is 2.17. The maximum atomic E-state index is 5.76. The van der Waals surface area contributed by atoms with Crippen LogP contribution in [0.4, 0.5) is 0 Å². The third-order valence-corrected chi connectivity index (χ3v) is 2.35. The number of rotatable bonds is 1. The molecular weight excluding hydrogens is 193 g/mol. The number of hydrogen-bond donors (Lipinski definition) is 1. The van der Waals surface area contributed by atoms with Gasteiger partial charge in [0.2, 0.25) is 0 Å². The van der Waals surface area contributed by atoms with Crippen molar-refractivity contribution in [3.8, 4) is 0 Å². The molecule has 1 aromatic rings. The van der Waals surface area contributed by atoms with Crippen LogP contribution in [0.5, 0.6) is 0 Å². The minimum atomic E-state index is 0. The molecule has 0 aromatic heterocycles. The molecule has 0 saturated carbocycles. The van der Waals surface area contributed by atoms with Crippen molar-refractivity contribution in [1.82, 2.24) is 5.32 Å². The molecule has 0 aliphatic carbocycles. The molecule has 0 bridgehead atoms. The van der Waals surface area contributed by atoms with Gasteiger partial charge in [-0.05, 0) is 30.7 Å². The Kier molecular flexibility index (Phi) is 3.39. The smallest absolute Gasteiger partial charge is 0.0406 e. The Bertz CT molecular complexity index is 241. The van der Waals surface area contributed by atoms with E-state index in [0.29, 0.717) is 6.04 Å². The predicted molar refractivity (Wildman–Crippen MR) is 54.1 cm³/mol. The molecule has 1 aliphatic rings. The van der Waals surface area contributed by atoms with Gasteiger partial charge in [-0.25, -0.2) is 0 Å². The van der Waals surface area contributed by atoms with Crippen molar-refractivity contribution < 1.29 is 0 Å². The second kappa shape index (κ2) is 4.13. The Morgan fingerprint density at radius 2 is 1.83 bits per heavy atom. The lowest BCUT2D eigenvalue weighted by Crippen LogP contribution is -2.34. The summed E-state index contributed by atoms with van der Waals surface area (Å²) in [4.78, 5) is 0. The van der Waals surface area contributed by atoms with Crippen molar-refractivity contribution in [2.75, 3.05) is 6.54 Å². The molecule has 0 spiro atoms. The molecule has 1 atom stereocenters. The Balaban J connectivity index is 0.000000720. The van der Waals surface area contributed by atoms with E-state index < -0.39 is 0 Å². The minimum Gasteiger partial charge on any atom is -0.310 e. The quantitative estimate of drug-likeness (QED) is 0.741. The van der Waals surface area contributed by atoms with Crippen LogP contribution in [0.3, 0.4) is 0 Å². The van der Waals surface area contributed by atoms with Crippen molar-refractivity contribution in [2.24, 2.45) is 0 Å². The summed E-state index contributed by atoms with van der Waals surface area (Å²) in [5, 5.41) is 4.15. The molecule has 1 N–H and O–H groups in total. The fourth-order valence-corrected chi connectivity index (χ4v) is 1.39. The van der Waals surface area contributed by atoms with Crippen LogP contribution in [0.25, 0.3) is 0 Å². The van der Waals surface area contributed by atoms with Crippen LogP contribution >= 0.6 is 24.0 Å². The van der Waals surface area contributed by atoms with Crippen LogP contribution in [0, 0.1) is 0 Å². The minimum absolute atomic E-state index is 0. The predicted octanol–water partition coefficient (Wildman–Crippen LogP) is 2.80. The molecule has 1 aliphatic heterocycles. The van der Waals surface area contributed by atoms with E-state index in [1.54, 1.807) is 0 Å². The van der Waals surface area contributed by atoms with Crippen molar-refractivity contribution >= 4 is 24.0 Å². The first kappa shape index (κ1) is 9.85. The molecule has 66 valence electrons. The molecule has 2 rings (SSSR count). The van der Waals surface area contributed by atoms with Crippen LogP contribution in [0.2, 0.25) is 5.02 Å². The molecule has 1 aromatic carbocycles. The zero-order valence-electron chi connectivity index (χ0n) is 6.59. The van der Waals surface area contributed by atoms with Gasteiger partial charge in [-0.1, -0.05) is 23.7 Å². The summed E-state index contributed by atoms with van der Waals surface area (Å²) in [6, 6.07) is 8.62. The standard InChI is InChI=1S/C9H10ClN.ClH/c10-8-3-1-7(2-4-8)9-5-6-11-9;/h1-4,9,11H,5-6H2;1H/t9-;/m1./s1. The molecule has 0 radical (unpaired) electrons. The second-order valence-corrected chi connectivity index (χ2v) is 3.28. The summed E-state index contributed by atoms with van der Waals surface area (Å²) < 4.78 is 0. The summed E-state index contributed by atoms with van der Waals surface area (Å²) in [7, 11) is 0. The van der Waals surface area contributed by atoms with Crippen molar-refractivity contribution in [3.05, 3.63) is 34.9 Å². The summed E-state index contributed by atoms with van der Waals surface area (Å²) >= 11 is 5.76. The Labute approximate surface area is 83.5 Å². The van der Waals surface area contributed by atoms with E-state index in [2.05, 4.69) is 17.4 Å². The second-order valence-electron chi connectivity index (χ2n) is 2.85. The monoisotopic (exact) mass is 203 g/mol. The Morgan fingerprint density at radius 3 is 2.25 bits per heavy atom. The van der Waals surface area contributed by atoms with Gasteiger partial charge in [-0.15, -0.1) is 12.4 Å². The normalized spacial score (nSPS) is 20.9. The zero-order chi connectivity index (χ0) is 7.68. The molecule has 1 fully saturated rings. The van der Waals surface area contributed by atoms with Crippen LogP contribution < -0.4 is 5.32 Å². The number of halogens is 2. The van der Waals surface area contributed by atoms with Gasteiger partial charge in [0, 0.05) is 11.1 Å². The molecule has 0 amide bonds. The summed E-state index contributed by atoms with van der Waals surface area (Å²) in [5.41, 5.74) is 1.35. The van der Waals surface area contributed by atoms with Crippen molar-refractivity contribution in [2.45, 2.75) is 12.5 Å². The number of hydrogen-bond acceptors (Lipinski definition) is 1. The first-order valence-corrected chi connectivity index (χ1v) is 4.23. The molecule has 1 saturated heterocycles. The maximum absolute atomic E-state index is 5.76. The van der Waals surface area contributed by atoms with Crippen LogP contribution in [0.1, 0.15) is 18.0 Å². The molecule has 1 nitrogen and oxygen atoms in total. The van der Waals surface area contributed by atoms with Crippen LogP contribution in [-0.2, 0) is 0 Å². The van der Waals surface area contributed by atoms with Crippen molar-refractivity contribution in [3.63, 3.8) is 0 Å². The van der Waals surface area contributed by atoms with E-state index in [4.69, 9.17) is 11.6 Å². The van der Waals surface area contributed by atoms with Gasteiger partial charge in [0.05, 0.1) is 0 Å². The SMILES string of the molecule is Cl.Clc1ccc([C@H]2CCN2)cc1. The van der Waals surface area contributed by atoms with Gasteiger partial charge in [-0.2, -0.15) is 0 Å². The third-order valence-electron chi connectivity index (χ3n) is 2.10. The lowest BCUT2D eigenvalue weighted by Gasteiger charge is -2.27. The van der Waals surface area contributed by atoms with Gasteiger partial charge in [0.1, 0.15) is 0 Å². The number of benzene rings is 1. The number of nitrogens with one attached hydrogen (secondary N) is 1. The Hall–Kier alpha value is -0.240. The largest absolute Gasteiger partial charge is 0.310 e. The highest BCUT2D eigenvalue weighted by Crippen LogP contribution is 2.23. The van der Waals surface area contributed by atoms with Gasteiger partial charge in [0.15, 0.2) is 0 Å².